The van der Waals surface area contributed by atoms with Crippen LogP contribution in [-0.2, 0) is 0 Å². The standard InChI is InChI=1S/C19H24N2O2/c1-14-8-9-18(12-15(14)2)21-19(23)20-13-17(10-11-22)16-6-4-3-5-7-16/h3-9,12,17,22H,10-11,13H2,1-2H3,(H2,20,21,23). The van der Waals surface area contributed by atoms with Crippen LogP contribution in [0.5, 0.6) is 0 Å². The van der Waals surface area contributed by atoms with E-state index in [4.69, 9.17) is 0 Å². The van der Waals surface area contributed by atoms with Crippen LogP contribution in [0.2, 0.25) is 0 Å². The molecule has 2 aromatic rings. The van der Waals surface area contributed by atoms with Gasteiger partial charge in [0.2, 0.25) is 0 Å². The molecule has 1 unspecified atom stereocenters. The zero-order chi connectivity index (χ0) is 16.7. The van der Waals surface area contributed by atoms with E-state index in [9.17, 15) is 9.90 Å². The highest BCUT2D eigenvalue weighted by molar-refractivity contribution is 5.89. The van der Waals surface area contributed by atoms with Crippen molar-refractivity contribution in [3.63, 3.8) is 0 Å². The fraction of sp³-hybridized carbons (Fsp3) is 0.316. The summed E-state index contributed by atoms with van der Waals surface area (Å²) in [6.07, 6.45) is 0.619. The Bertz CT molecular complexity index is 641. The Morgan fingerprint density at radius 2 is 1.83 bits per heavy atom. The smallest absolute Gasteiger partial charge is 0.319 e. The fourth-order valence-electron chi connectivity index (χ4n) is 2.48. The predicted molar refractivity (Wildman–Crippen MR) is 93.8 cm³/mol. The lowest BCUT2D eigenvalue weighted by molar-refractivity contribution is 0.248. The Hall–Kier alpha value is -2.33. The van der Waals surface area contributed by atoms with E-state index in [1.165, 1.54) is 5.56 Å². The van der Waals surface area contributed by atoms with E-state index in [-0.39, 0.29) is 18.6 Å². The van der Waals surface area contributed by atoms with E-state index < -0.39 is 0 Å². The molecule has 3 N–H and O–H groups in total. The van der Waals surface area contributed by atoms with Crippen LogP contribution in [0.1, 0.15) is 29.0 Å². The van der Waals surface area contributed by atoms with Crippen molar-refractivity contribution in [1.29, 1.82) is 0 Å². The summed E-state index contributed by atoms with van der Waals surface area (Å²) in [5.74, 6) is 0.103. The number of carbonyl (C=O) groups is 1. The van der Waals surface area contributed by atoms with Gasteiger partial charge in [0.25, 0.3) is 0 Å². The monoisotopic (exact) mass is 312 g/mol. The first-order valence-corrected chi connectivity index (χ1v) is 7.88. The van der Waals surface area contributed by atoms with Crippen LogP contribution in [0, 0.1) is 13.8 Å². The van der Waals surface area contributed by atoms with E-state index in [1.807, 2.05) is 62.4 Å². The Morgan fingerprint density at radius 1 is 1.09 bits per heavy atom. The zero-order valence-electron chi connectivity index (χ0n) is 13.7. The Balaban J connectivity index is 1.92. The summed E-state index contributed by atoms with van der Waals surface area (Å²) < 4.78 is 0. The van der Waals surface area contributed by atoms with Gasteiger partial charge in [-0.25, -0.2) is 4.79 Å². The third-order valence-electron chi connectivity index (χ3n) is 4.02. The number of aliphatic hydroxyl groups excluding tert-OH is 1. The lowest BCUT2D eigenvalue weighted by Crippen LogP contribution is -2.32. The van der Waals surface area contributed by atoms with Crippen LogP contribution in [-0.4, -0.2) is 24.3 Å². The molecule has 2 rings (SSSR count). The first kappa shape index (κ1) is 17.0. The van der Waals surface area contributed by atoms with Gasteiger partial charge in [0.05, 0.1) is 0 Å². The molecule has 4 nitrogen and oxygen atoms in total. The summed E-state index contributed by atoms with van der Waals surface area (Å²) in [5, 5.41) is 15.0. The number of hydrogen-bond acceptors (Lipinski definition) is 2. The van der Waals surface area contributed by atoms with Gasteiger partial charge in [0.15, 0.2) is 0 Å². The predicted octanol–water partition coefficient (Wildman–Crippen LogP) is 3.59. The highest BCUT2D eigenvalue weighted by atomic mass is 16.3. The van der Waals surface area contributed by atoms with Crippen molar-refractivity contribution < 1.29 is 9.90 Å². The average molecular weight is 312 g/mol. The van der Waals surface area contributed by atoms with Crippen molar-refractivity contribution in [2.45, 2.75) is 26.2 Å². The van der Waals surface area contributed by atoms with E-state index in [0.29, 0.717) is 13.0 Å². The number of rotatable bonds is 6. The number of nitrogens with one attached hydrogen (secondary N) is 2. The summed E-state index contributed by atoms with van der Waals surface area (Å²) in [6, 6.07) is 15.5. The highest BCUT2D eigenvalue weighted by Crippen LogP contribution is 2.18. The van der Waals surface area contributed by atoms with Crippen molar-refractivity contribution in [1.82, 2.24) is 5.32 Å². The molecule has 1 atom stereocenters. The molecule has 4 heteroatoms. The second-order valence-electron chi connectivity index (χ2n) is 5.75. The lowest BCUT2D eigenvalue weighted by Gasteiger charge is -2.17. The van der Waals surface area contributed by atoms with Crippen LogP contribution in [0.25, 0.3) is 0 Å². The molecule has 0 bridgehead atoms. The van der Waals surface area contributed by atoms with E-state index in [2.05, 4.69) is 10.6 Å². The number of aliphatic hydroxyl groups is 1. The maximum atomic E-state index is 12.1. The minimum Gasteiger partial charge on any atom is -0.396 e. The van der Waals surface area contributed by atoms with E-state index in [0.717, 1.165) is 16.8 Å². The number of carbonyl (C=O) groups excluding carboxylic acids is 1. The molecule has 0 aliphatic carbocycles. The van der Waals surface area contributed by atoms with Crippen molar-refractivity contribution in [2.75, 3.05) is 18.5 Å². The van der Waals surface area contributed by atoms with Crippen LogP contribution in [0.3, 0.4) is 0 Å². The maximum absolute atomic E-state index is 12.1. The Labute approximate surface area is 137 Å². The molecule has 0 spiro atoms. The topological polar surface area (TPSA) is 61.4 Å². The van der Waals surface area contributed by atoms with Gasteiger partial charge in [-0.3, -0.25) is 0 Å². The van der Waals surface area contributed by atoms with Crippen LogP contribution >= 0.6 is 0 Å². The third kappa shape index (κ3) is 5.11. The van der Waals surface area contributed by atoms with E-state index >= 15 is 0 Å². The maximum Gasteiger partial charge on any atom is 0.319 e. The SMILES string of the molecule is Cc1ccc(NC(=O)NCC(CCO)c2ccccc2)cc1C. The summed E-state index contributed by atoms with van der Waals surface area (Å²) in [4.78, 5) is 12.1. The summed E-state index contributed by atoms with van der Waals surface area (Å²) in [5.41, 5.74) is 4.24. The van der Waals surface area contributed by atoms with Gasteiger partial charge in [0.1, 0.15) is 0 Å². The number of anilines is 1. The second kappa shape index (κ2) is 8.34. The van der Waals surface area contributed by atoms with Crippen molar-refractivity contribution in [3.05, 3.63) is 65.2 Å². The number of urea groups is 1. The molecule has 2 aromatic carbocycles. The summed E-state index contributed by atoms with van der Waals surface area (Å²) in [7, 11) is 0. The van der Waals surface area contributed by atoms with Gasteiger partial charge in [-0.05, 0) is 49.1 Å². The largest absolute Gasteiger partial charge is 0.396 e. The number of hydrogen-bond donors (Lipinski definition) is 3. The molecule has 0 aliphatic heterocycles. The molecule has 0 saturated heterocycles. The van der Waals surface area contributed by atoms with Gasteiger partial charge < -0.3 is 15.7 Å². The van der Waals surface area contributed by atoms with Crippen molar-refractivity contribution >= 4 is 11.7 Å². The second-order valence-corrected chi connectivity index (χ2v) is 5.75. The molecule has 0 aliphatic rings. The molecule has 0 saturated carbocycles. The molecule has 122 valence electrons. The highest BCUT2D eigenvalue weighted by Gasteiger charge is 2.12. The number of benzene rings is 2. The van der Waals surface area contributed by atoms with Crippen LogP contribution in [0.15, 0.2) is 48.5 Å². The minimum atomic E-state index is -0.230. The fourth-order valence-corrected chi connectivity index (χ4v) is 2.48. The van der Waals surface area contributed by atoms with Crippen molar-refractivity contribution in [2.24, 2.45) is 0 Å². The van der Waals surface area contributed by atoms with Crippen LogP contribution in [0.4, 0.5) is 10.5 Å². The number of aryl methyl sites for hydroxylation is 2. The molecule has 23 heavy (non-hydrogen) atoms. The van der Waals surface area contributed by atoms with Gasteiger partial charge in [-0.2, -0.15) is 0 Å². The van der Waals surface area contributed by atoms with Gasteiger partial charge >= 0.3 is 6.03 Å². The molecule has 0 aromatic heterocycles. The molecule has 0 radical (unpaired) electrons. The first-order chi connectivity index (χ1) is 11.1. The first-order valence-electron chi connectivity index (χ1n) is 7.88. The zero-order valence-corrected chi connectivity index (χ0v) is 13.7. The van der Waals surface area contributed by atoms with Gasteiger partial charge in [-0.15, -0.1) is 0 Å². The average Bonchev–Trinajstić information content (AvgIpc) is 2.56. The molecular formula is C19H24N2O2. The molecule has 2 amide bonds. The van der Waals surface area contributed by atoms with Gasteiger partial charge in [0, 0.05) is 24.8 Å². The van der Waals surface area contributed by atoms with Crippen molar-refractivity contribution in [3.8, 4) is 0 Å². The minimum absolute atomic E-state index is 0.0972. The molecular weight excluding hydrogens is 288 g/mol. The van der Waals surface area contributed by atoms with Gasteiger partial charge in [-0.1, -0.05) is 36.4 Å². The quantitative estimate of drug-likeness (QED) is 0.763. The normalized spacial score (nSPS) is 11.8. The van der Waals surface area contributed by atoms with Crippen LogP contribution < -0.4 is 10.6 Å². The molecule has 0 fully saturated rings. The third-order valence-corrected chi connectivity index (χ3v) is 4.02. The summed E-state index contributed by atoms with van der Waals surface area (Å²) in [6.45, 7) is 4.64. The Morgan fingerprint density at radius 3 is 2.48 bits per heavy atom. The Kier molecular flexibility index (Phi) is 6.18. The van der Waals surface area contributed by atoms with E-state index in [1.54, 1.807) is 0 Å². The summed E-state index contributed by atoms with van der Waals surface area (Å²) >= 11 is 0. The lowest BCUT2D eigenvalue weighted by atomic mass is 9.96. The molecule has 0 heterocycles. The number of amides is 2.